The molecule has 0 aromatic heterocycles. The molecule has 0 aliphatic heterocycles. The third kappa shape index (κ3) is 19.4. The molecule has 0 rings (SSSR count). The quantitative estimate of drug-likeness (QED) is 0.106. The van der Waals surface area contributed by atoms with Crippen LogP contribution in [0.25, 0.3) is 0 Å². The van der Waals surface area contributed by atoms with E-state index in [1.54, 1.807) is 0 Å². The van der Waals surface area contributed by atoms with Gasteiger partial charge in [0.2, 0.25) is 0 Å². The zero-order valence-electron chi connectivity index (χ0n) is 24.6. The summed E-state index contributed by atoms with van der Waals surface area (Å²) in [5.41, 5.74) is 0. The molecule has 0 heterocycles. The molecule has 0 fully saturated rings. The van der Waals surface area contributed by atoms with Gasteiger partial charge in [0.1, 0.15) is 0 Å². The maximum absolute atomic E-state index is 6.10. The third-order valence-corrected chi connectivity index (χ3v) is 36.3. The first kappa shape index (κ1) is 38.6. The monoisotopic (exact) mass is 727 g/mol. The molecule has 0 saturated heterocycles. The van der Waals surface area contributed by atoms with Crippen molar-refractivity contribution in [3.8, 4) is 0 Å². The summed E-state index contributed by atoms with van der Waals surface area (Å²) in [4.78, 5) is 7.42. The van der Waals surface area contributed by atoms with Crippen LogP contribution in [0, 0.1) is 0 Å². The molecule has 0 atom stereocenters. The van der Waals surface area contributed by atoms with E-state index in [9.17, 15) is 0 Å². The summed E-state index contributed by atoms with van der Waals surface area (Å²) in [7, 11) is 6.02. The summed E-state index contributed by atoms with van der Waals surface area (Å²) in [6.07, 6.45) is 14.4. The molecule has 0 spiro atoms. The van der Waals surface area contributed by atoms with E-state index in [1.165, 1.54) is 77.0 Å². The second kappa shape index (κ2) is 26.5. The summed E-state index contributed by atoms with van der Waals surface area (Å²) in [5.74, 6) is 0. The van der Waals surface area contributed by atoms with E-state index in [0.29, 0.717) is 0 Å². The molecule has 0 aromatic carbocycles. The fourth-order valence-corrected chi connectivity index (χ4v) is 42.1. The summed E-state index contributed by atoms with van der Waals surface area (Å²) in [5, 5.41) is 0. The van der Waals surface area contributed by atoms with Gasteiger partial charge in [-0.1, -0.05) is 0 Å². The van der Waals surface area contributed by atoms with E-state index >= 15 is 0 Å². The summed E-state index contributed by atoms with van der Waals surface area (Å²) < 4.78 is 3.28. The van der Waals surface area contributed by atoms with Gasteiger partial charge in [0.15, 0.2) is 0 Å². The second-order valence-corrected chi connectivity index (χ2v) is 36.5. The number of rotatable bonds is 21. The molecule has 216 valence electrons. The van der Waals surface area contributed by atoms with E-state index in [0.717, 1.165) is 52.2 Å². The van der Waals surface area contributed by atoms with E-state index in [-0.39, 0.29) is 0 Å². The Morgan fingerprint density at radius 1 is 0.432 bits per heavy atom. The average Bonchev–Trinajstić information content (AvgIpc) is 2.88. The van der Waals surface area contributed by atoms with E-state index in [4.69, 9.17) is 36.7 Å². The van der Waals surface area contributed by atoms with Crippen LogP contribution in [0.3, 0.4) is 0 Å². The Labute approximate surface area is 262 Å². The third-order valence-electron chi connectivity index (χ3n) is 6.06. The zero-order valence-corrected chi connectivity index (χ0v) is 32.8. The van der Waals surface area contributed by atoms with E-state index in [1.807, 2.05) is 25.8 Å². The van der Waals surface area contributed by atoms with Gasteiger partial charge in [-0.2, -0.15) is 0 Å². The first-order valence-electron chi connectivity index (χ1n) is 14.7. The van der Waals surface area contributed by atoms with Crippen molar-refractivity contribution in [1.29, 1.82) is 0 Å². The minimum absolute atomic E-state index is 1.07. The Kier molecular flexibility index (Phi) is 27.6. The summed E-state index contributed by atoms with van der Waals surface area (Å²) in [6, 6.07) is 0. The fourth-order valence-electron chi connectivity index (χ4n) is 3.52. The van der Waals surface area contributed by atoms with Gasteiger partial charge in [-0.05, 0) is 0 Å². The topological polar surface area (TPSA) is 9.72 Å². The molecule has 0 aliphatic rings. The second-order valence-electron chi connectivity index (χ2n) is 9.52. The van der Waals surface area contributed by atoms with Crippen molar-refractivity contribution in [3.63, 3.8) is 0 Å². The number of nitrogens with zero attached hydrogens (tertiary/aromatic N) is 3. The molecule has 0 saturated carbocycles. The number of thiocarbonyl (C=S) groups is 3. The van der Waals surface area contributed by atoms with Gasteiger partial charge in [0, 0.05) is 0 Å². The van der Waals surface area contributed by atoms with Crippen molar-refractivity contribution < 1.29 is 0 Å². The molecule has 37 heavy (non-hydrogen) atoms. The number of unbranched alkanes of at least 4 members (excludes halogenated alkanes) is 6. The van der Waals surface area contributed by atoms with Crippen LogP contribution in [0.15, 0.2) is 0 Å². The van der Waals surface area contributed by atoms with Crippen molar-refractivity contribution in [2.24, 2.45) is 0 Å². The fraction of sp³-hybridized carbons (Fsp3) is 0.889. The molecule has 3 nitrogen and oxygen atoms in total. The van der Waals surface area contributed by atoms with Crippen molar-refractivity contribution in [2.75, 3.05) is 39.3 Å². The first-order chi connectivity index (χ1) is 17.9. The van der Waals surface area contributed by atoms with Crippen LogP contribution in [-0.4, -0.2) is 84.0 Å². The minimum atomic E-state index is -2.45. The first-order valence-corrected chi connectivity index (χ1v) is 30.7. The number of hydrogen-bond acceptors (Lipinski definition) is 6. The Balaban J connectivity index is 5.69. The van der Waals surface area contributed by atoms with Gasteiger partial charge >= 0.3 is 265 Å². The Morgan fingerprint density at radius 3 is 0.784 bits per heavy atom. The number of hydrogen-bond donors (Lipinski definition) is 0. The normalized spacial score (nSPS) is 10.9. The van der Waals surface area contributed by atoms with Crippen LogP contribution >= 0.6 is 62.4 Å². The van der Waals surface area contributed by atoms with Crippen LogP contribution in [0.5, 0.6) is 0 Å². The Morgan fingerprint density at radius 2 is 0.622 bits per heavy atom. The molecule has 0 aliphatic carbocycles. The van der Waals surface area contributed by atoms with Crippen molar-refractivity contribution in [3.05, 3.63) is 0 Å². The molecule has 10 heteroatoms. The van der Waals surface area contributed by atoms with Crippen LogP contribution in [-0.2, 0) is 0 Å². The Bertz CT molecular complexity index is 506. The van der Waals surface area contributed by atoms with Gasteiger partial charge < -0.3 is 0 Å². The van der Waals surface area contributed by atoms with Crippen molar-refractivity contribution >= 4 is 92.5 Å². The predicted molar refractivity (Wildman–Crippen MR) is 190 cm³/mol. The molecular weight excluding hydrogens is 674 g/mol. The van der Waals surface area contributed by atoms with Crippen LogP contribution in [0.1, 0.15) is 119 Å². The molecule has 0 amide bonds. The van der Waals surface area contributed by atoms with Crippen LogP contribution in [0.4, 0.5) is 0 Å². The van der Waals surface area contributed by atoms with Gasteiger partial charge in [-0.15, -0.1) is 0 Å². The van der Waals surface area contributed by atoms with Crippen molar-refractivity contribution in [1.82, 2.24) is 14.7 Å². The van der Waals surface area contributed by atoms with Crippen LogP contribution in [0.2, 0.25) is 0 Å². The van der Waals surface area contributed by atoms with Gasteiger partial charge in [-0.25, -0.2) is 0 Å². The molecule has 0 unspecified atom stereocenters. The maximum atomic E-state index is 6.10. The average molecular weight is 728 g/mol. The molecule has 0 N–H and O–H groups in total. The SMILES string of the molecule is CCCCN(CCCC)C(=S)[S][In]([S]C(=S)N(CCCC)CCCC)[S]C(=S)N(CCCC)CCCC. The van der Waals surface area contributed by atoms with Gasteiger partial charge in [-0.3, -0.25) is 0 Å². The summed E-state index contributed by atoms with van der Waals surface area (Å²) >= 11 is 15.8. The zero-order chi connectivity index (χ0) is 27.9. The predicted octanol–water partition coefficient (Wildman–Crippen LogP) is 9.73. The van der Waals surface area contributed by atoms with Gasteiger partial charge in [0.25, 0.3) is 0 Å². The molecule has 0 radical (unpaired) electrons. The molecule has 0 bridgehead atoms. The standard InChI is InChI=1S/3C9H19NS2.In/c3*1-3-5-7-10(9(11)12)8-6-4-2;/h3*3-8H2,1-2H3,(H,11,12);/q;;;+3/p-3. The van der Waals surface area contributed by atoms with Gasteiger partial charge in [0.05, 0.1) is 0 Å². The van der Waals surface area contributed by atoms with E-state index < -0.39 is 17.1 Å². The molecular formula is C27H54InN3S6. The molecule has 0 aromatic rings. The van der Waals surface area contributed by atoms with Crippen molar-refractivity contribution in [2.45, 2.75) is 119 Å². The van der Waals surface area contributed by atoms with Crippen LogP contribution < -0.4 is 0 Å². The summed E-state index contributed by atoms with van der Waals surface area (Å²) in [6.45, 7) is 20.0. The Hall–Kier alpha value is 1.59. The van der Waals surface area contributed by atoms with E-state index in [2.05, 4.69) is 56.2 Å².